The number of nitrogens with two attached hydrogens (primary N) is 1. The van der Waals surface area contributed by atoms with E-state index in [9.17, 15) is 9.59 Å². The van der Waals surface area contributed by atoms with Crippen LogP contribution in [0, 0.1) is 0 Å². The zero-order valence-corrected chi connectivity index (χ0v) is 19.2. The summed E-state index contributed by atoms with van der Waals surface area (Å²) in [4.78, 5) is 26.7. The number of benzene rings is 2. The van der Waals surface area contributed by atoms with Crippen molar-refractivity contribution in [1.82, 2.24) is 14.7 Å². The van der Waals surface area contributed by atoms with Crippen molar-refractivity contribution in [3.8, 4) is 16.9 Å². The molecule has 4 rings (SSSR count). The summed E-state index contributed by atoms with van der Waals surface area (Å²) in [5, 5.41) is 4.18. The molecule has 0 atom stereocenters. The Morgan fingerprint density at radius 2 is 1.76 bits per heavy atom. The Morgan fingerprint density at radius 3 is 2.36 bits per heavy atom. The third kappa shape index (κ3) is 5.42. The van der Waals surface area contributed by atoms with E-state index in [1.54, 1.807) is 23.0 Å². The first-order chi connectivity index (χ1) is 15.9. The number of aromatic nitrogens is 2. The lowest BCUT2D eigenvalue weighted by Gasteiger charge is -2.32. The molecule has 7 heteroatoms. The van der Waals surface area contributed by atoms with Crippen molar-refractivity contribution in [2.45, 2.75) is 38.7 Å². The van der Waals surface area contributed by atoms with E-state index in [1.165, 1.54) is 5.56 Å². The van der Waals surface area contributed by atoms with Crippen LogP contribution in [0.3, 0.4) is 0 Å². The Kier molecular flexibility index (Phi) is 6.77. The monoisotopic (exact) mass is 446 g/mol. The second-order valence-electron chi connectivity index (χ2n) is 8.52. The lowest BCUT2D eigenvalue weighted by Crippen LogP contribution is -2.42. The number of primary amides is 1. The second kappa shape index (κ2) is 9.90. The SMILES string of the molecule is CCc1ccc(CC(=O)N2CCC(Oc3ccc(-c4cnn(C)c4)cc3C(N)=O)CC2)cc1. The summed E-state index contributed by atoms with van der Waals surface area (Å²) >= 11 is 0. The average Bonchev–Trinajstić information content (AvgIpc) is 3.26. The van der Waals surface area contributed by atoms with Crippen LogP contribution in [-0.2, 0) is 24.7 Å². The van der Waals surface area contributed by atoms with Gasteiger partial charge in [-0.3, -0.25) is 14.3 Å². The first-order valence-electron chi connectivity index (χ1n) is 11.4. The second-order valence-corrected chi connectivity index (χ2v) is 8.52. The summed E-state index contributed by atoms with van der Waals surface area (Å²) in [5.41, 5.74) is 10.1. The molecule has 0 radical (unpaired) electrons. The molecular weight excluding hydrogens is 416 g/mol. The summed E-state index contributed by atoms with van der Waals surface area (Å²) < 4.78 is 7.86. The van der Waals surface area contributed by atoms with E-state index in [1.807, 2.05) is 36.3 Å². The molecule has 1 aliphatic rings. The van der Waals surface area contributed by atoms with Gasteiger partial charge in [-0.05, 0) is 35.2 Å². The molecule has 3 aromatic rings. The van der Waals surface area contributed by atoms with Gasteiger partial charge in [0.1, 0.15) is 11.9 Å². The first-order valence-corrected chi connectivity index (χ1v) is 11.4. The highest BCUT2D eigenvalue weighted by molar-refractivity contribution is 5.97. The average molecular weight is 447 g/mol. The van der Waals surface area contributed by atoms with Crippen molar-refractivity contribution >= 4 is 11.8 Å². The smallest absolute Gasteiger partial charge is 0.252 e. The Bertz CT molecular complexity index is 1130. The van der Waals surface area contributed by atoms with Gasteiger partial charge in [-0.15, -0.1) is 0 Å². The molecular formula is C26H30N4O3. The quantitative estimate of drug-likeness (QED) is 0.603. The Hall–Kier alpha value is -3.61. The lowest BCUT2D eigenvalue weighted by molar-refractivity contribution is -0.132. The molecule has 0 saturated carbocycles. The summed E-state index contributed by atoms with van der Waals surface area (Å²) in [6.07, 6.45) is 6.38. The molecule has 2 amide bonds. The minimum Gasteiger partial charge on any atom is -0.489 e. The van der Waals surface area contributed by atoms with E-state index in [0.717, 1.165) is 23.1 Å². The largest absolute Gasteiger partial charge is 0.489 e. The highest BCUT2D eigenvalue weighted by Gasteiger charge is 2.25. The van der Waals surface area contributed by atoms with Gasteiger partial charge in [-0.1, -0.05) is 37.3 Å². The summed E-state index contributed by atoms with van der Waals surface area (Å²) in [5.74, 6) is 0.0877. The molecule has 1 aromatic heterocycles. The van der Waals surface area contributed by atoms with E-state index in [0.29, 0.717) is 43.7 Å². The zero-order chi connectivity index (χ0) is 23.4. The molecule has 1 fully saturated rings. The normalized spacial score (nSPS) is 14.3. The van der Waals surface area contributed by atoms with Gasteiger partial charge in [0.25, 0.3) is 5.91 Å². The summed E-state index contributed by atoms with van der Waals surface area (Å²) in [7, 11) is 1.84. The Labute approximate surface area is 194 Å². The van der Waals surface area contributed by atoms with Gasteiger partial charge in [0.15, 0.2) is 0 Å². The third-order valence-electron chi connectivity index (χ3n) is 6.16. The van der Waals surface area contributed by atoms with E-state index in [2.05, 4.69) is 24.2 Å². The molecule has 7 nitrogen and oxygen atoms in total. The number of ether oxygens (including phenoxy) is 1. The number of carbonyl (C=O) groups excluding carboxylic acids is 2. The van der Waals surface area contributed by atoms with Crippen molar-refractivity contribution in [2.75, 3.05) is 13.1 Å². The van der Waals surface area contributed by atoms with Crippen molar-refractivity contribution in [1.29, 1.82) is 0 Å². The third-order valence-corrected chi connectivity index (χ3v) is 6.16. The van der Waals surface area contributed by atoms with Gasteiger partial charge in [-0.2, -0.15) is 5.10 Å². The van der Waals surface area contributed by atoms with Gasteiger partial charge < -0.3 is 15.4 Å². The van der Waals surface area contributed by atoms with Crippen LogP contribution < -0.4 is 10.5 Å². The Balaban J connectivity index is 1.36. The number of carbonyl (C=O) groups is 2. The Morgan fingerprint density at radius 1 is 1.06 bits per heavy atom. The number of rotatable bonds is 7. The number of nitrogens with zero attached hydrogens (tertiary/aromatic N) is 3. The fraction of sp³-hybridized carbons (Fsp3) is 0.346. The zero-order valence-electron chi connectivity index (χ0n) is 19.2. The molecule has 1 aliphatic heterocycles. The van der Waals surface area contributed by atoms with Gasteiger partial charge in [0.2, 0.25) is 5.91 Å². The molecule has 2 N–H and O–H groups in total. The molecule has 33 heavy (non-hydrogen) atoms. The minimum atomic E-state index is -0.530. The highest BCUT2D eigenvalue weighted by Crippen LogP contribution is 2.28. The van der Waals surface area contributed by atoms with Crippen LogP contribution in [0.4, 0.5) is 0 Å². The maximum atomic E-state index is 12.7. The number of hydrogen-bond donors (Lipinski definition) is 1. The predicted octanol–water partition coefficient (Wildman–Crippen LogP) is 3.36. The summed E-state index contributed by atoms with van der Waals surface area (Å²) in [6, 6.07) is 13.7. The van der Waals surface area contributed by atoms with E-state index in [4.69, 9.17) is 10.5 Å². The molecule has 2 aromatic carbocycles. The van der Waals surface area contributed by atoms with Crippen LogP contribution in [0.5, 0.6) is 5.75 Å². The van der Waals surface area contributed by atoms with Crippen molar-refractivity contribution < 1.29 is 14.3 Å². The fourth-order valence-electron chi connectivity index (χ4n) is 4.16. The van der Waals surface area contributed by atoms with Gasteiger partial charge in [0.05, 0.1) is 18.2 Å². The van der Waals surface area contributed by atoms with Crippen LogP contribution in [0.25, 0.3) is 11.1 Å². The predicted molar refractivity (Wildman–Crippen MR) is 127 cm³/mol. The number of amides is 2. The lowest BCUT2D eigenvalue weighted by atomic mass is 10.0. The first kappa shape index (κ1) is 22.6. The number of piperidine rings is 1. The summed E-state index contributed by atoms with van der Waals surface area (Å²) in [6.45, 7) is 3.39. The van der Waals surface area contributed by atoms with Crippen molar-refractivity contribution in [2.24, 2.45) is 12.8 Å². The van der Waals surface area contributed by atoms with E-state index < -0.39 is 5.91 Å². The van der Waals surface area contributed by atoms with Crippen molar-refractivity contribution in [3.05, 3.63) is 71.5 Å². The van der Waals surface area contributed by atoms with Crippen LogP contribution in [-0.4, -0.2) is 45.7 Å². The fourth-order valence-corrected chi connectivity index (χ4v) is 4.16. The minimum absolute atomic E-state index is 0.0692. The van der Waals surface area contributed by atoms with Gasteiger partial charge in [0, 0.05) is 44.7 Å². The number of hydrogen-bond acceptors (Lipinski definition) is 4. The molecule has 0 bridgehead atoms. The van der Waals surface area contributed by atoms with Gasteiger partial charge >= 0.3 is 0 Å². The number of likely N-dealkylation sites (tertiary alicyclic amines) is 1. The van der Waals surface area contributed by atoms with Crippen LogP contribution in [0.2, 0.25) is 0 Å². The molecule has 1 saturated heterocycles. The highest BCUT2D eigenvalue weighted by atomic mass is 16.5. The van der Waals surface area contributed by atoms with E-state index >= 15 is 0 Å². The molecule has 0 spiro atoms. The topological polar surface area (TPSA) is 90.5 Å². The molecule has 0 unspecified atom stereocenters. The standard InChI is InChI=1S/C26H30N4O3/c1-3-18-4-6-19(7-5-18)14-25(31)30-12-10-22(11-13-30)33-24-9-8-20(15-23(24)26(27)32)21-16-28-29(2)17-21/h4-9,15-17,22H,3,10-14H2,1-2H3,(H2,27,32). The maximum Gasteiger partial charge on any atom is 0.252 e. The van der Waals surface area contributed by atoms with Gasteiger partial charge in [-0.25, -0.2) is 0 Å². The van der Waals surface area contributed by atoms with Crippen LogP contribution in [0.1, 0.15) is 41.3 Å². The van der Waals surface area contributed by atoms with Crippen molar-refractivity contribution in [3.63, 3.8) is 0 Å². The molecule has 172 valence electrons. The van der Waals surface area contributed by atoms with E-state index in [-0.39, 0.29) is 12.0 Å². The molecule has 0 aliphatic carbocycles. The van der Waals surface area contributed by atoms with Crippen LogP contribution >= 0.6 is 0 Å². The maximum absolute atomic E-state index is 12.7. The number of aryl methyl sites for hydroxylation is 2. The molecule has 2 heterocycles. The van der Waals surface area contributed by atoms with Crippen LogP contribution in [0.15, 0.2) is 54.9 Å².